The number of aliphatic hydroxyl groups excluding tert-OH is 1. The number of aliphatic imine (C=N–C) groups is 1. The monoisotopic (exact) mass is 995 g/mol. The number of hydrogen-bond donors (Lipinski definition) is 3. The number of halogens is 5. The van der Waals surface area contributed by atoms with Crippen molar-refractivity contribution in [2.24, 2.45) is 22.7 Å². The first kappa shape index (κ1) is 55.5. The number of Topliss-reactive ketones (excluding diaryl/α,β-unsaturated/α-hetero) is 2. The minimum Gasteiger partial charge on any atom is -0.381 e. The molecule has 5 aromatic rings. The molecule has 0 spiro atoms. The van der Waals surface area contributed by atoms with Crippen LogP contribution in [0.1, 0.15) is 94.7 Å². The van der Waals surface area contributed by atoms with Gasteiger partial charge in [-0.2, -0.15) is 13.2 Å². The minimum absolute atomic E-state index is 0. The van der Waals surface area contributed by atoms with Crippen molar-refractivity contribution in [3.63, 3.8) is 0 Å². The van der Waals surface area contributed by atoms with E-state index in [1.165, 1.54) is 23.6 Å². The molecule has 4 amide bonds. The molecule has 0 radical (unpaired) electrons. The molecule has 0 fully saturated rings. The zero-order chi connectivity index (χ0) is 51.7. The van der Waals surface area contributed by atoms with E-state index in [9.17, 15) is 55.8 Å². The lowest BCUT2D eigenvalue weighted by atomic mass is 9.82. The lowest BCUT2D eigenvalue weighted by molar-refractivity contribution is -0.146. The second-order valence-electron chi connectivity index (χ2n) is 17.6. The summed E-state index contributed by atoms with van der Waals surface area (Å²) in [5.41, 5.74) is 5.20. The summed E-state index contributed by atoms with van der Waals surface area (Å²) in [7, 11) is 3.19. The third kappa shape index (κ3) is 13.1. The van der Waals surface area contributed by atoms with E-state index in [0.717, 1.165) is 23.3 Å². The Morgan fingerprint density at radius 3 is 1.85 bits per heavy atom. The highest BCUT2D eigenvalue weighted by Gasteiger charge is 2.39. The predicted octanol–water partition coefficient (Wildman–Crippen LogP) is 9.64. The number of nitrogens with zero attached hydrogens (tertiary/aromatic N) is 3. The van der Waals surface area contributed by atoms with Crippen molar-refractivity contribution >= 4 is 52.3 Å². The standard InChI is InChI=1S/C27H30F3N3O3.C27H24F2N2O4.CH4/c1-4-10-19(17(2)34)20(15-16-27(28,29)30)25(35)32-24-26(36)33(3)22-14-9-8-13-21(22)23(31-24)18-11-6-5-7-12-18;1-15(11-23(32)25(33)16-12-17(28)14-18(29)13-16)26(34)30-24-21-9-4-3-7-19(21)20-8-5-6-10-22(20)31(2)27(24)35;/h5-9,11-14,19-20,24H,4,10,15-16H2,1-3H3,(H,32,35);3-10,12-15,24-25,33H,11H2,1-2H3,(H,30,34);1H4/t19-,20-,24-;15-,24+,25+;/m11./s1. The summed E-state index contributed by atoms with van der Waals surface area (Å²) in [6, 6.07) is 32.4. The molecule has 380 valence electrons. The molecule has 2 aliphatic rings. The van der Waals surface area contributed by atoms with Crippen molar-refractivity contribution in [2.75, 3.05) is 23.9 Å². The van der Waals surface area contributed by atoms with Crippen LogP contribution < -0.4 is 20.4 Å². The number of benzodiazepines with no additional fused rings is 1. The number of fused-ring (bicyclic) bond motifs is 4. The quantitative estimate of drug-likeness (QED) is 0.0879. The summed E-state index contributed by atoms with van der Waals surface area (Å²) in [6.07, 6.45) is -8.98. The predicted molar refractivity (Wildman–Crippen MR) is 265 cm³/mol. The first-order valence-electron chi connectivity index (χ1n) is 23.0. The number of carbonyl (C=O) groups is 6. The van der Waals surface area contributed by atoms with Crippen molar-refractivity contribution in [3.8, 4) is 11.1 Å². The number of rotatable bonds is 15. The Hall–Kier alpha value is -7.40. The lowest BCUT2D eigenvalue weighted by Crippen LogP contribution is -2.49. The van der Waals surface area contributed by atoms with Crippen molar-refractivity contribution in [1.82, 2.24) is 10.6 Å². The number of aliphatic hydroxyl groups is 1. The molecule has 17 heteroatoms. The summed E-state index contributed by atoms with van der Waals surface area (Å²) >= 11 is 0. The highest BCUT2D eigenvalue weighted by atomic mass is 19.4. The van der Waals surface area contributed by atoms with Crippen LogP contribution in [0.5, 0.6) is 0 Å². The van der Waals surface area contributed by atoms with Crippen LogP contribution in [0.2, 0.25) is 0 Å². The average molecular weight is 996 g/mol. The molecule has 2 aliphatic heterocycles. The number of hydrogen-bond acceptors (Lipinski definition) is 8. The molecule has 3 N–H and O–H groups in total. The van der Waals surface area contributed by atoms with E-state index in [0.29, 0.717) is 46.3 Å². The molecule has 2 heterocycles. The van der Waals surface area contributed by atoms with Gasteiger partial charge < -0.3 is 25.5 Å². The van der Waals surface area contributed by atoms with Gasteiger partial charge in [0.1, 0.15) is 29.6 Å². The Morgan fingerprint density at radius 2 is 1.25 bits per heavy atom. The van der Waals surface area contributed by atoms with Gasteiger partial charge in [0.15, 0.2) is 5.78 Å². The molecular formula is C55H58F5N5O7. The summed E-state index contributed by atoms with van der Waals surface area (Å²) < 4.78 is 66.1. The van der Waals surface area contributed by atoms with Gasteiger partial charge in [-0.3, -0.25) is 28.8 Å². The van der Waals surface area contributed by atoms with E-state index < -0.39 is 90.2 Å². The SMILES string of the molecule is C.CCC[C@H](C(C)=O)[C@@H](CCC(F)(F)F)C(=O)N[C@H]1N=C(c2ccccc2)c2ccccc2N(C)C1=O.C[C@H](CC(=O)[C@@H](O)c1cc(F)cc(F)c1)C(=O)N[C@@H]1C(=O)N(C)c2ccccc2-c2ccccc21. The van der Waals surface area contributed by atoms with E-state index >= 15 is 0 Å². The fraction of sp³-hybridized carbons (Fsp3) is 0.327. The maximum atomic E-state index is 13.5. The second kappa shape index (κ2) is 24.1. The second-order valence-corrected chi connectivity index (χ2v) is 17.6. The number of amides is 4. The smallest absolute Gasteiger partial charge is 0.381 e. The Balaban J connectivity index is 0.000000264. The minimum atomic E-state index is -4.48. The third-order valence-electron chi connectivity index (χ3n) is 12.5. The largest absolute Gasteiger partial charge is 0.389 e. The first-order valence-corrected chi connectivity index (χ1v) is 23.0. The van der Waals surface area contributed by atoms with Gasteiger partial charge in [-0.05, 0) is 60.7 Å². The molecule has 0 saturated carbocycles. The van der Waals surface area contributed by atoms with Gasteiger partial charge in [-0.25, -0.2) is 13.8 Å². The van der Waals surface area contributed by atoms with Crippen molar-refractivity contribution in [3.05, 3.63) is 155 Å². The van der Waals surface area contributed by atoms with Crippen LogP contribution in [-0.4, -0.2) is 72.5 Å². The molecule has 72 heavy (non-hydrogen) atoms. The lowest BCUT2D eigenvalue weighted by Gasteiger charge is -2.27. The van der Waals surface area contributed by atoms with Crippen LogP contribution in [-0.2, 0) is 28.8 Å². The zero-order valence-corrected chi connectivity index (χ0v) is 39.7. The first-order chi connectivity index (χ1) is 33.7. The molecular weight excluding hydrogens is 938 g/mol. The Labute approximate surface area is 415 Å². The molecule has 7 rings (SSSR count). The number of para-hydroxylation sites is 2. The van der Waals surface area contributed by atoms with Gasteiger partial charge in [0, 0.05) is 67.4 Å². The molecule has 0 unspecified atom stereocenters. The van der Waals surface area contributed by atoms with Crippen molar-refractivity contribution in [1.29, 1.82) is 0 Å². The van der Waals surface area contributed by atoms with E-state index in [4.69, 9.17) is 0 Å². The number of likely N-dealkylation sites (N-methyl/N-ethyl adjacent to an activating group) is 2. The number of anilines is 2. The number of carbonyl (C=O) groups excluding carboxylic acids is 6. The van der Waals surface area contributed by atoms with E-state index in [1.54, 1.807) is 45.3 Å². The number of nitrogens with one attached hydrogen (secondary N) is 2. The van der Waals surface area contributed by atoms with Gasteiger partial charge in [0.25, 0.3) is 11.8 Å². The van der Waals surface area contributed by atoms with Crippen LogP contribution >= 0.6 is 0 Å². The van der Waals surface area contributed by atoms with Crippen LogP contribution in [0.15, 0.2) is 126 Å². The van der Waals surface area contributed by atoms with E-state index in [-0.39, 0.29) is 37.5 Å². The van der Waals surface area contributed by atoms with E-state index in [1.807, 2.05) is 78.9 Å². The van der Waals surface area contributed by atoms with Crippen LogP contribution in [0.3, 0.4) is 0 Å². The van der Waals surface area contributed by atoms with Gasteiger partial charge in [0.2, 0.25) is 18.0 Å². The van der Waals surface area contributed by atoms with Crippen LogP contribution in [0.4, 0.5) is 33.3 Å². The fourth-order valence-corrected chi connectivity index (χ4v) is 8.80. The molecule has 12 nitrogen and oxygen atoms in total. The topological polar surface area (TPSA) is 166 Å². The van der Waals surface area contributed by atoms with Crippen LogP contribution in [0, 0.1) is 29.4 Å². The average Bonchev–Trinajstić information content (AvgIpc) is 3.50. The number of benzene rings is 5. The Morgan fingerprint density at radius 1 is 0.708 bits per heavy atom. The van der Waals surface area contributed by atoms with Gasteiger partial charge in [0.05, 0.1) is 17.1 Å². The summed E-state index contributed by atoms with van der Waals surface area (Å²) in [6.45, 7) is 4.56. The maximum absolute atomic E-state index is 13.5. The summed E-state index contributed by atoms with van der Waals surface area (Å²) in [5, 5.41) is 15.6. The Kier molecular flexibility index (Phi) is 18.6. The van der Waals surface area contributed by atoms with Crippen LogP contribution in [0.25, 0.3) is 11.1 Å². The molecule has 0 saturated heterocycles. The molecule has 0 aliphatic carbocycles. The molecule has 5 aromatic carbocycles. The number of ketones is 2. The highest BCUT2D eigenvalue weighted by Crippen LogP contribution is 2.40. The van der Waals surface area contributed by atoms with Gasteiger partial charge in [-0.1, -0.05) is 119 Å². The maximum Gasteiger partial charge on any atom is 0.389 e. The normalized spacial score (nSPS) is 16.8. The van der Waals surface area contributed by atoms with Crippen molar-refractivity contribution in [2.45, 2.75) is 84.8 Å². The van der Waals surface area contributed by atoms with Gasteiger partial charge in [-0.15, -0.1) is 0 Å². The summed E-state index contributed by atoms with van der Waals surface area (Å²) in [5.74, 6) is -8.23. The number of alkyl halides is 3. The molecule has 6 atom stereocenters. The summed E-state index contributed by atoms with van der Waals surface area (Å²) in [4.78, 5) is 85.3. The van der Waals surface area contributed by atoms with E-state index in [2.05, 4.69) is 15.6 Å². The fourth-order valence-electron chi connectivity index (χ4n) is 8.80. The highest BCUT2D eigenvalue weighted by molar-refractivity contribution is 6.20. The van der Waals surface area contributed by atoms with Crippen molar-refractivity contribution < 1.29 is 55.8 Å². The third-order valence-corrected chi connectivity index (χ3v) is 12.5. The zero-order valence-electron chi connectivity index (χ0n) is 39.7. The van der Waals surface area contributed by atoms with Gasteiger partial charge >= 0.3 is 6.18 Å². The Bertz CT molecular complexity index is 2800. The molecule has 0 aromatic heterocycles. The molecule has 0 bridgehead atoms.